The third-order valence-electron chi connectivity index (χ3n) is 2.70. The molecule has 2 rings (SSSR count). The number of aromatic nitrogens is 2. The first kappa shape index (κ1) is 15.3. The smallest absolute Gasteiger partial charge is 0.157 e. The van der Waals surface area contributed by atoms with Crippen molar-refractivity contribution >= 4 is 23.4 Å². The van der Waals surface area contributed by atoms with E-state index in [4.69, 9.17) is 16.3 Å². The van der Waals surface area contributed by atoms with E-state index in [1.165, 1.54) is 16.0 Å². The molecule has 0 aliphatic rings. The molecule has 0 unspecified atom stereocenters. The van der Waals surface area contributed by atoms with Crippen molar-refractivity contribution in [1.29, 1.82) is 0 Å². The molecule has 0 radical (unpaired) electrons. The van der Waals surface area contributed by atoms with Crippen molar-refractivity contribution in [2.24, 2.45) is 0 Å². The molecule has 0 aliphatic carbocycles. The average Bonchev–Trinajstić information content (AvgIpc) is 2.39. The first-order valence-corrected chi connectivity index (χ1v) is 7.64. The Morgan fingerprint density at radius 2 is 2.00 bits per heavy atom. The Hall–Kier alpha value is -1.10. The van der Waals surface area contributed by atoms with Gasteiger partial charge in [0.25, 0.3) is 0 Å². The van der Waals surface area contributed by atoms with Crippen LogP contribution in [-0.4, -0.2) is 16.6 Å². The molecular formula is C15H17ClN2OS. The van der Waals surface area contributed by atoms with Gasteiger partial charge < -0.3 is 4.74 Å². The lowest BCUT2D eigenvalue weighted by Gasteiger charge is -2.08. The van der Waals surface area contributed by atoms with E-state index < -0.39 is 0 Å². The molecule has 0 amide bonds. The number of aryl methyl sites for hydroxylation is 2. The van der Waals surface area contributed by atoms with Crippen molar-refractivity contribution in [2.45, 2.75) is 37.3 Å². The zero-order valence-electron chi connectivity index (χ0n) is 11.8. The van der Waals surface area contributed by atoms with Crippen LogP contribution in [-0.2, 0) is 11.3 Å². The standard InChI is InChI=1S/C15H17ClN2OS/c1-4-19-9-14-17-13(16)8-15(18-14)20-12-6-5-10(2)7-11(12)3/h5-8H,4,9H2,1-3H3. The van der Waals surface area contributed by atoms with Crippen LogP contribution in [0.15, 0.2) is 34.2 Å². The van der Waals surface area contributed by atoms with Gasteiger partial charge in [0, 0.05) is 17.6 Å². The summed E-state index contributed by atoms with van der Waals surface area (Å²) in [6.45, 7) is 7.14. The molecule has 0 aliphatic heterocycles. The highest BCUT2D eigenvalue weighted by atomic mass is 35.5. The van der Waals surface area contributed by atoms with E-state index in [0.29, 0.717) is 24.2 Å². The number of benzene rings is 1. The molecule has 5 heteroatoms. The van der Waals surface area contributed by atoms with E-state index in [1.807, 2.05) is 6.92 Å². The summed E-state index contributed by atoms with van der Waals surface area (Å²) in [6, 6.07) is 8.14. The molecule has 0 atom stereocenters. The molecule has 3 nitrogen and oxygen atoms in total. The summed E-state index contributed by atoms with van der Waals surface area (Å²) in [5, 5.41) is 1.29. The van der Waals surface area contributed by atoms with Gasteiger partial charge in [-0.05, 0) is 32.4 Å². The molecular weight excluding hydrogens is 292 g/mol. The van der Waals surface area contributed by atoms with Crippen LogP contribution < -0.4 is 0 Å². The van der Waals surface area contributed by atoms with Gasteiger partial charge in [0.05, 0.1) is 0 Å². The lowest BCUT2D eigenvalue weighted by molar-refractivity contribution is 0.128. The van der Waals surface area contributed by atoms with Crippen LogP contribution in [0.1, 0.15) is 23.9 Å². The van der Waals surface area contributed by atoms with E-state index in [0.717, 1.165) is 5.03 Å². The fourth-order valence-corrected chi connectivity index (χ4v) is 2.95. The monoisotopic (exact) mass is 308 g/mol. The molecule has 1 aromatic carbocycles. The summed E-state index contributed by atoms with van der Waals surface area (Å²) in [7, 11) is 0. The molecule has 0 bridgehead atoms. The third-order valence-corrected chi connectivity index (χ3v) is 3.99. The quantitative estimate of drug-likeness (QED) is 0.765. The zero-order valence-corrected chi connectivity index (χ0v) is 13.4. The number of hydrogen-bond acceptors (Lipinski definition) is 4. The number of rotatable bonds is 5. The summed E-state index contributed by atoms with van der Waals surface area (Å²) in [4.78, 5) is 9.81. The van der Waals surface area contributed by atoms with E-state index >= 15 is 0 Å². The normalized spacial score (nSPS) is 10.8. The van der Waals surface area contributed by atoms with Crippen molar-refractivity contribution in [3.63, 3.8) is 0 Å². The topological polar surface area (TPSA) is 35.0 Å². The van der Waals surface area contributed by atoms with Gasteiger partial charge in [-0.1, -0.05) is 41.1 Å². The van der Waals surface area contributed by atoms with Gasteiger partial charge >= 0.3 is 0 Å². The summed E-state index contributed by atoms with van der Waals surface area (Å²) in [6.07, 6.45) is 0. The molecule has 0 fully saturated rings. The molecule has 1 aromatic heterocycles. The lowest BCUT2D eigenvalue weighted by atomic mass is 10.2. The Kier molecular flexibility index (Phi) is 5.40. The summed E-state index contributed by atoms with van der Waals surface area (Å²) < 4.78 is 5.33. The summed E-state index contributed by atoms with van der Waals surface area (Å²) >= 11 is 7.63. The minimum Gasteiger partial charge on any atom is -0.374 e. The van der Waals surface area contributed by atoms with Gasteiger partial charge in [-0.3, -0.25) is 0 Å². The van der Waals surface area contributed by atoms with Gasteiger partial charge in [-0.2, -0.15) is 0 Å². The average molecular weight is 309 g/mol. The molecule has 106 valence electrons. The first-order chi connectivity index (χ1) is 9.58. The van der Waals surface area contributed by atoms with Crippen LogP contribution in [0, 0.1) is 13.8 Å². The minimum atomic E-state index is 0.386. The van der Waals surface area contributed by atoms with E-state index in [1.54, 1.807) is 17.8 Å². The maximum absolute atomic E-state index is 6.04. The third kappa shape index (κ3) is 4.20. The number of hydrogen-bond donors (Lipinski definition) is 0. The second-order valence-electron chi connectivity index (χ2n) is 4.45. The molecule has 0 saturated carbocycles. The Morgan fingerprint density at radius 3 is 2.70 bits per heavy atom. The first-order valence-electron chi connectivity index (χ1n) is 6.45. The fraction of sp³-hybridized carbons (Fsp3) is 0.333. The summed E-state index contributed by atoms with van der Waals surface area (Å²) in [5.41, 5.74) is 2.49. The predicted octanol–water partition coefficient (Wildman–Crippen LogP) is 4.43. The second kappa shape index (κ2) is 7.07. The van der Waals surface area contributed by atoms with Gasteiger partial charge in [0.15, 0.2) is 5.82 Å². The summed E-state index contributed by atoms with van der Waals surface area (Å²) in [5.74, 6) is 0.617. The second-order valence-corrected chi connectivity index (χ2v) is 5.90. The highest BCUT2D eigenvalue weighted by Crippen LogP contribution is 2.30. The Labute approximate surface area is 128 Å². The number of halogens is 1. The highest BCUT2D eigenvalue weighted by molar-refractivity contribution is 7.99. The van der Waals surface area contributed by atoms with E-state index in [9.17, 15) is 0 Å². The Morgan fingerprint density at radius 1 is 1.20 bits per heavy atom. The highest BCUT2D eigenvalue weighted by Gasteiger charge is 2.07. The molecule has 2 aromatic rings. The van der Waals surface area contributed by atoms with Crippen LogP contribution in [0.25, 0.3) is 0 Å². The fourth-order valence-electron chi connectivity index (χ4n) is 1.78. The van der Waals surface area contributed by atoms with E-state index in [2.05, 4.69) is 42.0 Å². The Balaban J connectivity index is 2.21. The van der Waals surface area contributed by atoms with Crippen molar-refractivity contribution in [1.82, 2.24) is 9.97 Å². The SMILES string of the molecule is CCOCc1nc(Cl)cc(Sc2ccc(C)cc2C)n1. The van der Waals surface area contributed by atoms with Gasteiger partial charge in [-0.15, -0.1) is 0 Å². The van der Waals surface area contributed by atoms with Crippen molar-refractivity contribution < 1.29 is 4.74 Å². The van der Waals surface area contributed by atoms with Crippen LogP contribution >= 0.6 is 23.4 Å². The largest absolute Gasteiger partial charge is 0.374 e. The Bertz CT molecular complexity index is 604. The van der Waals surface area contributed by atoms with Crippen molar-refractivity contribution in [3.8, 4) is 0 Å². The van der Waals surface area contributed by atoms with Crippen molar-refractivity contribution in [2.75, 3.05) is 6.61 Å². The molecule has 0 spiro atoms. The van der Waals surface area contributed by atoms with Gasteiger partial charge in [0.2, 0.25) is 0 Å². The lowest BCUT2D eigenvalue weighted by Crippen LogP contribution is -2.00. The van der Waals surface area contributed by atoms with E-state index in [-0.39, 0.29) is 0 Å². The number of ether oxygens (including phenoxy) is 1. The van der Waals surface area contributed by atoms with Gasteiger partial charge in [0.1, 0.15) is 16.8 Å². The minimum absolute atomic E-state index is 0.386. The van der Waals surface area contributed by atoms with Crippen LogP contribution in [0.2, 0.25) is 5.15 Å². The number of nitrogens with zero attached hydrogens (tertiary/aromatic N) is 2. The molecule has 1 heterocycles. The van der Waals surface area contributed by atoms with Crippen molar-refractivity contribution in [3.05, 3.63) is 46.4 Å². The predicted molar refractivity (Wildman–Crippen MR) is 82.4 cm³/mol. The van der Waals surface area contributed by atoms with Gasteiger partial charge in [-0.25, -0.2) is 9.97 Å². The van der Waals surface area contributed by atoms with Crippen LogP contribution in [0.4, 0.5) is 0 Å². The molecule has 0 N–H and O–H groups in total. The maximum atomic E-state index is 6.04. The maximum Gasteiger partial charge on any atom is 0.157 e. The van der Waals surface area contributed by atoms with Crippen LogP contribution in [0.5, 0.6) is 0 Å². The molecule has 20 heavy (non-hydrogen) atoms. The zero-order chi connectivity index (χ0) is 14.5. The molecule has 0 saturated heterocycles. The van der Waals surface area contributed by atoms with Crippen LogP contribution in [0.3, 0.4) is 0 Å².